The van der Waals surface area contributed by atoms with E-state index < -0.39 is 0 Å². The van der Waals surface area contributed by atoms with Gasteiger partial charge in [0, 0.05) is 19.1 Å². The second-order valence-electron chi connectivity index (χ2n) is 4.89. The highest BCUT2D eigenvalue weighted by Gasteiger charge is 2.20. The molecule has 1 N–H and O–H groups in total. The molecule has 0 unspecified atom stereocenters. The molecule has 0 bridgehead atoms. The van der Waals surface area contributed by atoms with Crippen molar-refractivity contribution in [3.8, 4) is 0 Å². The van der Waals surface area contributed by atoms with E-state index >= 15 is 0 Å². The van der Waals surface area contributed by atoms with Crippen molar-refractivity contribution in [2.75, 3.05) is 36.5 Å². The van der Waals surface area contributed by atoms with Crippen molar-refractivity contribution in [1.82, 2.24) is 0 Å². The molecular formula is C14H20N2O. The van der Waals surface area contributed by atoms with Gasteiger partial charge < -0.3 is 15.0 Å². The second-order valence-corrected chi connectivity index (χ2v) is 4.89. The van der Waals surface area contributed by atoms with Gasteiger partial charge in [-0.1, -0.05) is 12.1 Å². The Hall–Kier alpha value is -1.22. The van der Waals surface area contributed by atoms with Crippen molar-refractivity contribution >= 4 is 11.4 Å². The van der Waals surface area contributed by atoms with E-state index in [1.54, 1.807) is 0 Å². The predicted octanol–water partition coefficient (Wildman–Crippen LogP) is 2.49. The summed E-state index contributed by atoms with van der Waals surface area (Å²) in [5, 5.41) is 3.66. The number of para-hydroxylation sites is 2. The molecule has 3 nitrogen and oxygen atoms in total. The molecule has 2 fully saturated rings. The molecule has 1 heterocycles. The van der Waals surface area contributed by atoms with Crippen LogP contribution in [0.1, 0.15) is 19.3 Å². The number of hydrogen-bond acceptors (Lipinski definition) is 3. The number of morpholine rings is 1. The van der Waals surface area contributed by atoms with E-state index in [2.05, 4.69) is 34.5 Å². The van der Waals surface area contributed by atoms with Gasteiger partial charge in [0.2, 0.25) is 0 Å². The minimum absolute atomic E-state index is 0.692. The van der Waals surface area contributed by atoms with Gasteiger partial charge in [-0.3, -0.25) is 0 Å². The molecule has 2 aliphatic rings. The SMILES string of the molecule is c1ccc(N2CCOCC2)c(NC2CCC2)c1. The van der Waals surface area contributed by atoms with Gasteiger partial charge in [0.1, 0.15) is 0 Å². The average Bonchev–Trinajstić information content (AvgIpc) is 2.35. The molecular weight excluding hydrogens is 212 g/mol. The number of ether oxygens (including phenoxy) is 1. The molecule has 1 aliphatic heterocycles. The maximum absolute atomic E-state index is 5.41. The summed E-state index contributed by atoms with van der Waals surface area (Å²) in [7, 11) is 0. The third kappa shape index (κ3) is 2.39. The highest BCUT2D eigenvalue weighted by molar-refractivity contribution is 5.70. The van der Waals surface area contributed by atoms with E-state index in [1.807, 2.05) is 0 Å². The van der Waals surface area contributed by atoms with Crippen molar-refractivity contribution in [1.29, 1.82) is 0 Å². The lowest BCUT2D eigenvalue weighted by Crippen LogP contribution is -2.37. The van der Waals surface area contributed by atoms with Crippen LogP contribution in [0.2, 0.25) is 0 Å². The van der Waals surface area contributed by atoms with Crippen LogP contribution in [0.4, 0.5) is 11.4 Å². The van der Waals surface area contributed by atoms with Gasteiger partial charge in [-0.05, 0) is 31.4 Å². The third-order valence-electron chi connectivity index (χ3n) is 3.72. The van der Waals surface area contributed by atoms with E-state index in [0.29, 0.717) is 6.04 Å². The first-order valence-corrected chi connectivity index (χ1v) is 6.62. The Morgan fingerprint density at radius 2 is 1.88 bits per heavy atom. The minimum Gasteiger partial charge on any atom is -0.381 e. The van der Waals surface area contributed by atoms with Crippen LogP contribution in [0, 0.1) is 0 Å². The molecule has 17 heavy (non-hydrogen) atoms. The molecule has 0 radical (unpaired) electrons. The van der Waals surface area contributed by atoms with Crippen LogP contribution >= 0.6 is 0 Å². The highest BCUT2D eigenvalue weighted by atomic mass is 16.5. The summed E-state index contributed by atoms with van der Waals surface area (Å²) in [5.74, 6) is 0. The number of nitrogens with one attached hydrogen (secondary N) is 1. The van der Waals surface area contributed by atoms with E-state index in [9.17, 15) is 0 Å². The predicted molar refractivity (Wildman–Crippen MR) is 70.7 cm³/mol. The van der Waals surface area contributed by atoms with Gasteiger partial charge in [0.25, 0.3) is 0 Å². The monoisotopic (exact) mass is 232 g/mol. The van der Waals surface area contributed by atoms with Crippen LogP contribution in [0.5, 0.6) is 0 Å². The third-order valence-corrected chi connectivity index (χ3v) is 3.72. The molecule has 0 spiro atoms. The van der Waals surface area contributed by atoms with Crippen molar-refractivity contribution < 1.29 is 4.74 Å². The number of rotatable bonds is 3. The number of benzene rings is 1. The topological polar surface area (TPSA) is 24.5 Å². The molecule has 1 aromatic rings. The van der Waals surface area contributed by atoms with Gasteiger partial charge >= 0.3 is 0 Å². The minimum atomic E-state index is 0.692. The van der Waals surface area contributed by atoms with Crippen LogP contribution in [0.3, 0.4) is 0 Å². The number of nitrogens with zero attached hydrogens (tertiary/aromatic N) is 1. The first kappa shape index (κ1) is 10.9. The molecule has 0 amide bonds. The number of anilines is 2. The van der Waals surface area contributed by atoms with Gasteiger partial charge in [-0.2, -0.15) is 0 Å². The molecule has 3 rings (SSSR count). The molecule has 1 aromatic carbocycles. The fourth-order valence-electron chi connectivity index (χ4n) is 2.45. The Morgan fingerprint density at radius 3 is 2.59 bits per heavy atom. The molecule has 92 valence electrons. The zero-order valence-corrected chi connectivity index (χ0v) is 10.2. The molecule has 0 atom stereocenters. The summed E-state index contributed by atoms with van der Waals surface area (Å²) in [6.45, 7) is 3.70. The lowest BCUT2D eigenvalue weighted by atomic mass is 9.93. The van der Waals surface area contributed by atoms with Gasteiger partial charge in [-0.15, -0.1) is 0 Å². The largest absolute Gasteiger partial charge is 0.381 e. The van der Waals surface area contributed by atoms with Gasteiger partial charge in [-0.25, -0.2) is 0 Å². The van der Waals surface area contributed by atoms with Gasteiger partial charge in [0.15, 0.2) is 0 Å². The van der Waals surface area contributed by atoms with Crippen LogP contribution in [0.15, 0.2) is 24.3 Å². The van der Waals surface area contributed by atoms with Crippen molar-refractivity contribution in [2.45, 2.75) is 25.3 Å². The Labute approximate surface area is 103 Å². The van der Waals surface area contributed by atoms with Crippen LogP contribution in [-0.4, -0.2) is 32.3 Å². The van der Waals surface area contributed by atoms with Crippen LogP contribution < -0.4 is 10.2 Å². The Balaban J connectivity index is 1.76. The molecule has 1 saturated carbocycles. The van der Waals surface area contributed by atoms with E-state index in [1.165, 1.54) is 30.6 Å². The Morgan fingerprint density at radius 1 is 1.12 bits per heavy atom. The Bertz CT molecular complexity index is 370. The summed E-state index contributed by atoms with van der Waals surface area (Å²) in [6, 6.07) is 9.34. The first-order valence-electron chi connectivity index (χ1n) is 6.62. The molecule has 0 aromatic heterocycles. The normalized spacial score (nSPS) is 21.1. The number of hydrogen-bond donors (Lipinski definition) is 1. The fraction of sp³-hybridized carbons (Fsp3) is 0.571. The van der Waals surface area contributed by atoms with Gasteiger partial charge in [0.05, 0.1) is 24.6 Å². The Kier molecular flexibility index (Phi) is 3.18. The second kappa shape index (κ2) is 4.96. The summed E-state index contributed by atoms with van der Waals surface area (Å²) in [4.78, 5) is 2.42. The maximum atomic E-state index is 5.41. The highest BCUT2D eigenvalue weighted by Crippen LogP contribution is 2.30. The first-order chi connectivity index (χ1) is 8.43. The lowest BCUT2D eigenvalue weighted by Gasteiger charge is -2.33. The van der Waals surface area contributed by atoms with E-state index in [0.717, 1.165) is 26.3 Å². The van der Waals surface area contributed by atoms with Crippen molar-refractivity contribution in [3.63, 3.8) is 0 Å². The zero-order chi connectivity index (χ0) is 11.5. The summed E-state index contributed by atoms with van der Waals surface area (Å²) < 4.78 is 5.41. The smallest absolute Gasteiger partial charge is 0.0642 e. The lowest BCUT2D eigenvalue weighted by molar-refractivity contribution is 0.123. The molecule has 3 heteroatoms. The quantitative estimate of drug-likeness (QED) is 0.866. The maximum Gasteiger partial charge on any atom is 0.0642 e. The zero-order valence-electron chi connectivity index (χ0n) is 10.2. The van der Waals surface area contributed by atoms with Crippen molar-refractivity contribution in [3.05, 3.63) is 24.3 Å². The standard InChI is InChI=1S/C14H20N2O/c1-2-7-14(16-8-10-17-11-9-16)13(6-1)15-12-4-3-5-12/h1-2,6-7,12,15H,3-5,8-11H2. The average molecular weight is 232 g/mol. The molecule has 1 aliphatic carbocycles. The van der Waals surface area contributed by atoms with Crippen LogP contribution in [-0.2, 0) is 4.74 Å². The summed E-state index contributed by atoms with van der Waals surface area (Å²) >= 11 is 0. The molecule has 1 saturated heterocycles. The van der Waals surface area contributed by atoms with Crippen LogP contribution in [0.25, 0.3) is 0 Å². The van der Waals surface area contributed by atoms with E-state index in [-0.39, 0.29) is 0 Å². The summed E-state index contributed by atoms with van der Waals surface area (Å²) in [5.41, 5.74) is 2.63. The summed E-state index contributed by atoms with van der Waals surface area (Å²) in [6.07, 6.45) is 4.01. The van der Waals surface area contributed by atoms with Crippen molar-refractivity contribution in [2.24, 2.45) is 0 Å². The van der Waals surface area contributed by atoms with E-state index in [4.69, 9.17) is 4.74 Å². The fourth-order valence-corrected chi connectivity index (χ4v) is 2.45.